The lowest BCUT2D eigenvalue weighted by Gasteiger charge is -2.19. The van der Waals surface area contributed by atoms with Gasteiger partial charge in [0.1, 0.15) is 5.75 Å². The number of hydrogen-bond donors (Lipinski definition) is 1. The van der Waals surface area contributed by atoms with Crippen molar-refractivity contribution in [3.63, 3.8) is 0 Å². The minimum absolute atomic E-state index is 0.140. The summed E-state index contributed by atoms with van der Waals surface area (Å²) in [5.41, 5.74) is 8.57. The van der Waals surface area contributed by atoms with Gasteiger partial charge < -0.3 is 10.5 Å². The lowest BCUT2D eigenvalue weighted by atomic mass is 9.99. The summed E-state index contributed by atoms with van der Waals surface area (Å²) in [5.74, 6) is 1.95. The molecular weight excluding hydrogens is 278 g/mol. The molecule has 0 radical (unpaired) electrons. The van der Waals surface area contributed by atoms with Gasteiger partial charge in [-0.1, -0.05) is 37.3 Å². The van der Waals surface area contributed by atoms with Gasteiger partial charge in [-0.3, -0.25) is 0 Å². The fourth-order valence-corrected chi connectivity index (χ4v) is 2.88. The number of nitrogens with two attached hydrogens (primary N) is 1. The molecule has 3 heteroatoms. The predicted molar refractivity (Wildman–Crippen MR) is 91.1 cm³/mol. The number of ether oxygens (including phenoxy) is 1. The zero-order valence-corrected chi connectivity index (χ0v) is 13.7. The highest BCUT2D eigenvalue weighted by atomic mass is 32.2. The molecule has 1 unspecified atom stereocenters. The molecule has 1 atom stereocenters. The van der Waals surface area contributed by atoms with Crippen LogP contribution in [0.4, 0.5) is 0 Å². The molecule has 0 aromatic heterocycles. The Kier molecular flexibility index (Phi) is 5.71. The summed E-state index contributed by atoms with van der Waals surface area (Å²) in [6.45, 7) is 6.21. The van der Waals surface area contributed by atoms with E-state index in [1.165, 1.54) is 4.90 Å². The highest BCUT2D eigenvalue weighted by Gasteiger charge is 2.14. The molecule has 0 spiro atoms. The van der Waals surface area contributed by atoms with Crippen LogP contribution in [-0.2, 0) is 0 Å². The van der Waals surface area contributed by atoms with Crippen molar-refractivity contribution in [2.45, 2.75) is 37.8 Å². The summed E-state index contributed by atoms with van der Waals surface area (Å²) in [4.78, 5) is 1.28. The first kappa shape index (κ1) is 15.9. The molecule has 2 aromatic carbocycles. The van der Waals surface area contributed by atoms with Crippen LogP contribution in [0.25, 0.3) is 0 Å². The van der Waals surface area contributed by atoms with E-state index in [4.69, 9.17) is 10.5 Å². The number of para-hydroxylation sites is 1. The molecule has 0 aliphatic rings. The summed E-state index contributed by atoms with van der Waals surface area (Å²) in [7, 11) is 0. The van der Waals surface area contributed by atoms with Gasteiger partial charge in [-0.05, 0) is 43.4 Å². The molecular formula is C18H23NOS. The van der Waals surface area contributed by atoms with Crippen LogP contribution in [0.1, 0.15) is 37.9 Å². The topological polar surface area (TPSA) is 35.2 Å². The van der Waals surface area contributed by atoms with E-state index in [-0.39, 0.29) is 12.1 Å². The Morgan fingerprint density at radius 1 is 1.05 bits per heavy atom. The minimum Gasteiger partial charge on any atom is -0.491 e. The van der Waals surface area contributed by atoms with E-state index in [2.05, 4.69) is 31.2 Å². The van der Waals surface area contributed by atoms with Crippen molar-refractivity contribution in [3.05, 3.63) is 59.7 Å². The minimum atomic E-state index is -0.166. The summed E-state index contributed by atoms with van der Waals surface area (Å²) in [6.07, 6.45) is 0.140. The maximum absolute atomic E-state index is 6.43. The molecule has 2 N–H and O–H groups in total. The van der Waals surface area contributed by atoms with Gasteiger partial charge in [0.2, 0.25) is 0 Å². The molecule has 112 valence electrons. The molecule has 0 aliphatic heterocycles. The Balaban J connectivity index is 2.24. The van der Waals surface area contributed by atoms with Crippen LogP contribution in [0, 0.1) is 0 Å². The van der Waals surface area contributed by atoms with E-state index in [0.717, 1.165) is 22.6 Å². The average molecular weight is 301 g/mol. The standard InChI is InChI=1S/C18H23NOS/c1-4-21-15-11-9-14(10-12-15)18(19)16-7-5-6-8-17(16)20-13(2)3/h5-13,18H,4,19H2,1-3H3. The summed E-state index contributed by atoms with van der Waals surface area (Å²) in [5, 5.41) is 0. The van der Waals surface area contributed by atoms with Crippen molar-refractivity contribution < 1.29 is 4.74 Å². The molecule has 0 heterocycles. The van der Waals surface area contributed by atoms with Crippen molar-refractivity contribution in [1.82, 2.24) is 0 Å². The molecule has 0 fully saturated rings. The smallest absolute Gasteiger partial charge is 0.124 e. The van der Waals surface area contributed by atoms with Crippen molar-refractivity contribution in [2.75, 3.05) is 5.75 Å². The number of thioether (sulfide) groups is 1. The number of rotatable bonds is 6. The lowest BCUT2D eigenvalue weighted by molar-refractivity contribution is 0.239. The van der Waals surface area contributed by atoms with Gasteiger partial charge in [0.25, 0.3) is 0 Å². The summed E-state index contributed by atoms with van der Waals surface area (Å²) >= 11 is 1.84. The van der Waals surface area contributed by atoms with Gasteiger partial charge in [-0.2, -0.15) is 0 Å². The fourth-order valence-electron chi connectivity index (χ4n) is 2.22. The predicted octanol–water partition coefficient (Wildman–Crippen LogP) is 4.63. The van der Waals surface area contributed by atoms with Crippen LogP contribution < -0.4 is 10.5 Å². The number of hydrogen-bond acceptors (Lipinski definition) is 3. The van der Waals surface area contributed by atoms with Gasteiger partial charge in [-0.15, -0.1) is 11.8 Å². The van der Waals surface area contributed by atoms with E-state index in [1.807, 2.05) is 49.9 Å². The van der Waals surface area contributed by atoms with Gasteiger partial charge in [0.05, 0.1) is 12.1 Å². The van der Waals surface area contributed by atoms with Crippen LogP contribution >= 0.6 is 11.8 Å². The molecule has 0 saturated carbocycles. The van der Waals surface area contributed by atoms with E-state index in [0.29, 0.717) is 0 Å². The van der Waals surface area contributed by atoms with Gasteiger partial charge in [-0.25, -0.2) is 0 Å². The van der Waals surface area contributed by atoms with Crippen LogP contribution in [0.5, 0.6) is 5.75 Å². The molecule has 21 heavy (non-hydrogen) atoms. The van der Waals surface area contributed by atoms with Crippen molar-refractivity contribution in [3.8, 4) is 5.75 Å². The second-order valence-corrected chi connectivity index (χ2v) is 6.52. The molecule has 2 rings (SSSR count). The average Bonchev–Trinajstić information content (AvgIpc) is 2.48. The summed E-state index contributed by atoms with van der Waals surface area (Å²) < 4.78 is 5.87. The van der Waals surface area contributed by atoms with Gasteiger partial charge in [0, 0.05) is 10.5 Å². The zero-order valence-electron chi connectivity index (χ0n) is 12.9. The maximum Gasteiger partial charge on any atom is 0.124 e. The maximum atomic E-state index is 6.43. The normalized spacial score (nSPS) is 12.4. The zero-order chi connectivity index (χ0) is 15.2. The van der Waals surface area contributed by atoms with Crippen LogP contribution in [0.3, 0.4) is 0 Å². The third-order valence-corrected chi connectivity index (χ3v) is 4.06. The first-order chi connectivity index (χ1) is 10.1. The first-order valence-electron chi connectivity index (χ1n) is 7.35. The van der Waals surface area contributed by atoms with Gasteiger partial charge >= 0.3 is 0 Å². The monoisotopic (exact) mass is 301 g/mol. The Morgan fingerprint density at radius 2 is 1.71 bits per heavy atom. The third kappa shape index (κ3) is 4.26. The summed E-state index contributed by atoms with van der Waals surface area (Å²) in [6, 6.07) is 16.3. The van der Waals surface area contributed by atoms with Gasteiger partial charge in [0.15, 0.2) is 0 Å². The Labute approximate surface area is 131 Å². The van der Waals surface area contributed by atoms with Crippen molar-refractivity contribution >= 4 is 11.8 Å². The van der Waals surface area contributed by atoms with E-state index >= 15 is 0 Å². The second kappa shape index (κ2) is 7.53. The highest BCUT2D eigenvalue weighted by Crippen LogP contribution is 2.30. The van der Waals surface area contributed by atoms with E-state index in [1.54, 1.807) is 0 Å². The molecule has 0 saturated heterocycles. The first-order valence-corrected chi connectivity index (χ1v) is 8.34. The quantitative estimate of drug-likeness (QED) is 0.790. The van der Waals surface area contributed by atoms with E-state index < -0.39 is 0 Å². The molecule has 2 nitrogen and oxygen atoms in total. The Morgan fingerprint density at radius 3 is 2.33 bits per heavy atom. The van der Waals surface area contributed by atoms with Crippen LogP contribution in [-0.4, -0.2) is 11.9 Å². The van der Waals surface area contributed by atoms with Crippen LogP contribution in [0.15, 0.2) is 53.4 Å². The largest absolute Gasteiger partial charge is 0.491 e. The molecule has 0 amide bonds. The third-order valence-electron chi connectivity index (χ3n) is 3.17. The SMILES string of the molecule is CCSc1ccc(C(N)c2ccccc2OC(C)C)cc1. The second-order valence-electron chi connectivity index (χ2n) is 5.18. The lowest BCUT2D eigenvalue weighted by Crippen LogP contribution is -2.15. The highest BCUT2D eigenvalue weighted by molar-refractivity contribution is 7.99. The fraction of sp³-hybridized carbons (Fsp3) is 0.333. The van der Waals surface area contributed by atoms with Crippen molar-refractivity contribution in [2.24, 2.45) is 5.73 Å². The van der Waals surface area contributed by atoms with Crippen molar-refractivity contribution in [1.29, 1.82) is 0 Å². The molecule has 2 aromatic rings. The molecule has 0 bridgehead atoms. The van der Waals surface area contributed by atoms with E-state index in [9.17, 15) is 0 Å². The number of benzene rings is 2. The Hall–Kier alpha value is -1.45. The van der Waals surface area contributed by atoms with Crippen LogP contribution in [0.2, 0.25) is 0 Å². The molecule has 0 aliphatic carbocycles. The Bertz CT molecular complexity index is 566.